The second-order valence-electron chi connectivity index (χ2n) is 18.8. The summed E-state index contributed by atoms with van der Waals surface area (Å²) in [5.41, 5.74) is 0. The van der Waals surface area contributed by atoms with Crippen molar-refractivity contribution in [1.29, 1.82) is 0 Å². The van der Waals surface area contributed by atoms with Crippen LogP contribution >= 0.6 is 0 Å². The van der Waals surface area contributed by atoms with Gasteiger partial charge in [-0.1, -0.05) is 226 Å². The molecule has 0 amide bonds. The van der Waals surface area contributed by atoms with E-state index < -0.39 is 6.10 Å². The Morgan fingerprint density at radius 2 is 0.521 bits per heavy atom. The van der Waals surface area contributed by atoms with E-state index in [-0.39, 0.29) is 50.4 Å². The molecule has 71 heavy (non-hydrogen) atoms. The van der Waals surface area contributed by atoms with E-state index in [1.165, 1.54) is 116 Å². The molecule has 0 saturated carbocycles. The van der Waals surface area contributed by atoms with Crippen molar-refractivity contribution in [3.63, 3.8) is 0 Å². The average molecular weight is 984 g/mol. The van der Waals surface area contributed by atoms with E-state index in [4.69, 9.17) is 14.2 Å². The van der Waals surface area contributed by atoms with Gasteiger partial charge in [0.25, 0.3) is 0 Å². The van der Waals surface area contributed by atoms with Crippen molar-refractivity contribution in [2.75, 3.05) is 13.2 Å². The lowest BCUT2D eigenvalue weighted by atomic mass is 10.1. The first kappa shape index (κ1) is 66.8. The van der Waals surface area contributed by atoms with Crippen molar-refractivity contribution < 1.29 is 28.6 Å². The zero-order valence-electron chi connectivity index (χ0n) is 45.9. The van der Waals surface area contributed by atoms with E-state index in [9.17, 15) is 14.4 Å². The number of esters is 3. The number of hydrogen-bond donors (Lipinski definition) is 0. The van der Waals surface area contributed by atoms with Crippen LogP contribution in [0.2, 0.25) is 0 Å². The van der Waals surface area contributed by atoms with Gasteiger partial charge in [0.2, 0.25) is 0 Å². The minimum atomic E-state index is -0.840. The zero-order chi connectivity index (χ0) is 51.4. The Kier molecular flexibility index (Phi) is 54.9. The molecule has 0 saturated heterocycles. The molecule has 6 nitrogen and oxygen atoms in total. The summed E-state index contributed by atoms with van der Waals surface area (Å²) >= 11 is 0. The van der Waals surface area contributed by atoms with Crippen LogP contribution in [0.1, 0.15) is 252 Å². The SMILES string of the molecule is CCCCC/C=C\C/C=C\C/C=C\C/C=C\CCCCCC(=O)OC(COC(=O)CCC/C=C\C/C=C\C/C=C\CCCCCCCC)COC(=O)CCC/C=C\C/C=C\C/C=C\CCCCCCCC. The molecule has 0 aliphatic carbocycles. The van der Waals surface area contributed by atoms with E-state index in [2.05, 4.69) is 142 Å². The van der Waals surface area contributed by atoms with Gasteiger partial charge in [-0.05, 0) is 128 Å². The molecular weight excluding hydrogens is 877 g/mol. The Bertz CT molecular complexity index is 1430. The van der Waals surface area contributed by atoms with Crippen molar-refractivity contribution in [3.8, 4) is 0 Å². The summed E-state index contributed by atoms with van der Waals surface area (Å²) in [5, 5.41) is 0. The van der Waals surface area contributed by atoms with Gasteiger partial charge in [-0.15, -0.1) is 0 Å². The van der Waals surface area contributed by atoms with Crippen LogP contribution in [0.3, 0.4) is 0 Å². The number of carbonyl (C=O) groups is 3. The lowest BCUT2D eigenvalue weighted by Crippen LogP contribution is -2.30. The first-order valence-electron chi connectivity index (χ1n) is 29.0. The maximum atomic E-state index is 12.9. The Morgan fingerprint density at radius 1 is 0.282 bits per heavy atom. The van der Waals surface area contributed by atoms with Crippen molar-refractivity contribution in [2.24, 2.45) is 0 Å². The van der Waals surface area contributed by atoms with Gasteiger partial charge in [-0.25, -0.2) is 0 Å². The highest BCUT2D eigenvalue weighted by Gasteiger charge is 2.19. The molecule has 0 fully saturated rings. The molecule has 0 aliphatic rings. The molecule has 0 rings (SSSR count). The van der Waals surface area contributed by atoms with Crippen LogP contribution in [0, 0.1) is 0 Å². The predicted octanol–water partition coefficient (Wildman–Crippen LogP) is 19.6. The predicted molar refractivity (Wildman–Crippen MR) is 306 cm³/mol. The topological polar surface area (TPSA) is 78.9 Å². The number of hydrogen-bond acceptors (Lipinski definition) is 6. The molecule has 0 unspecified atom stereocenters. The fourth-order valence-electron chi connectivity index (χ4n) is 7.52. The molecule has 0 aromatic heterocycles. The van der Waals surface area contributed by atoms with Gasteiger partial charge >= 0.3 is 17.9 Å². The van der Waals surface area contributed by atoms with Crippen LogP contribution < -0.4 is 0 Å². The van der Waals surface area contributed by atoms with Gasteiger partial charge in [0.05, 0.1) is 0 Å². The van der Waals surface area contributed by atoms with E-state index in [1.54, 1.807) is 0 Å². The molecular formula is C65H106O6. The fraction of sp³-hybridized carbons (Fsp3) is 0.646. The number of allylic oxidation sites excluding steroid dienone is 20. The fourth-order valence-corrected chi connectivity index (χ4v) is 7.52. The molecule has 0 aromatic carbocycles. The molecule has 0 atom stereocenters. The summed E-state index contributed by atoms with van der Waals surface area (Å²) in [6.45, 7) is 6.48. The third-order valence-corrected chi connectivity index (χ3v) is 11.9. The molecule has 0 aromatic rings. The largest absolute Gasteiger partial charge is 0.462 e. The van der Waals surface area contributed by atoms with Gasteiger partial charge in [-0.3, -0.25) is 14.4 Å². The molecule has 0 radical (unpaired) electrons. The quantitative estimate of drug-likeness (QED) is 0.0261. The van der Waals surface area contributed by atoms with Gasteiger partial charge in [-0.2, -0.15) is 0 Å². The molecule has 0 heterocycles. The van der Waals surface area contributed by atoms with Crippen molar-refractivity contribution in [1.82, 2.24) is 0 Å². The summed E-state index contributed by atoms with van der Waals surface area (Å²) in [5.74, 6) is -1.07. The Balaban J connectivity index is 4.61. The Labute approximate surface area is 437 Å². The van der Waals surface area contributed by atoms with Crippen molar-refractivity contribution in [3.05, 3.63) is 122 Å². The molecule has 0 aliphatic heterocycles. The molecule has 0 N–H and O–H groups in total. The van der Waals surface area contributed by atoms with E-state index in [0.717, 1.165) is 77.0 Å². The highest BCUT2D eigenvalue weighted by Crippen LogP contribution is 2.12. The highest BCUT2D eigenvalue weighted by atomic mass is 16.6. The summed E-state index contributed by atoms with van der Waals surface area (Å²) in [6, 6.07) is 0. The van der Waals surface area contributed by atoms with E-state index >= 15 is 0 Å². The summed E-state index contributed by atoms with van der Waals surface area (Å²) in [4.78, 5) is 38.1. The molecule has 0 bridgehead atoms. The average Bonchev–Trinajstić information content (AvgIpc) is 3.37. The van der Waals surface area contributed by atoms with Crippen LogP contribution in [0.25, 0.3) is 0 Å². The second-order valence-corrected chi connectivity index (χ2v) is 18.8. The van der Waals surface area contributed by atoms with Crippen molar-refractivity contribution in [2.45, 2.75) is 258 Å². The number of ether oxygens (including phenoxy) is 3. The highest BCUT2D eigenvalue weighted by molar-refractivity contribution is 5.71. The van der Waals surface area contributed by atoms with Gasteiger partial charge < -0.3 is 14.2 Å². The third-order valence-electron chi connectivity index (χ3n) is 11.9. The summed E-state index contributed by atoms with van der Waals surface area (Å²) in [7, 11) is 0. The minimum absolute atomic E-state index is 0.136. The lowest BCUT2D eigenvalue weighted by molar-refractivity contribution is -0.167. The van der Waals surface area contributed by atoms with Crippen molar-refractivity contribution >= 4 is 17.9 Å². The van der Waals surface area contributed by atoms with Gasteiger partial charge in [0.1, 0.15) is 13.2 Å². The Morgan fingerprint density at radius 3 is 0.859 bits per heavy atom. The molecule has 0 spiro atoms. The smallest absolute Gasteiger partial charge is 0.306 e. The number of unbranched alkanes of at least 4 members (excludes halogenated alkanes) is 20. The standard InChI is InChI=1S/C65H106O6/c1-4-7-10-13-16-19-22-25-28-31-32-35-38-41-44-47-50-53-56-59-65(68)71-62(60-69-63(66)57-54-51-48-45-42-39-36-33-29-26-23-20-17-14-11-8-5-2)61-70-64(67)58-55-52-49-46-43-40-37-34-30-27-24-21-18-15-12-9-6-3/h16,19,25-30,32,35-37,39-41,44-46,48-49,62H,4-15,17-18,20-24,31,33-34,38,42-43,47,50-61H2,1-3H3/b19-16-,28-25-,29-26-,30-27-,35-32-,39-36-,40-37-,44-41-,48-45-,49-46-. The zero-order valence-corrected chi connectivity index (χ0v) is 45.9. The van der Waals surface area contributed by atoms with E-state index in [1.807, 2.05) is 0 Å². The molecule has 6 heteroatoms. The summed E-state index contributed by atoms with van der Waals surface area (Å²) in [6.07, 6.45) is 80.6. The number of carbonyl (C=O) groups excluding carboxylic acids is 3. The summed E-state index contributed by atoms with van der Waals surface area (Å²) < 4.78 is 16.7. The van der Waals surface area contributed by atoms with Crippen LogP contribution in [-0.4, -0.2) is 37.2 Å². The maximum absolute atomic E-state index is 12.9. The van der Waals surface area contributed by atoms with Crippen LogP contribution in [0.15, 0.2) is 122 Å². The van der Waals surface area contributed by atoms with Crippen LogP contribution in [0.5, 0.6) is 0 Å². The Hall–Kier alpha value is -4.19. The second kappa shape index (κ2) is 58.4. The minimum Gasteiger partial charge on any atom is -0.462 e. The third kappa shape index (κ3) is 56.6. The van der Waals surface area contributed by atoms with Crippen LogP contribution in [0.4, 0.5) is 0 Å². The van der Waals surface area contributed by atoms with Crippen LogP contribution in [-0.2, 0) is 28.6 Å². The first-order chi connectivity index (χ1) is 35.0. The number of rotatable bonds is 51. The molecule has 402 valence electrons. The van der Waals surface area contributed by atoms with Gasteiger partial charge in [0, 0.05) is 19.3 Å². The van der Waals surface area contributed by atoms with Gasteiger partial charge in [0.15, 0.2) is 6.10 Å². The van der Waals surface area contributed by atoms with E-state index in [0.29, 0.717) is 19.3 Å². The first-order valence-corrected chi connectivity index (χ1v) is 29.0. The maximum Gasteiger partial charge on any atom is 0.306 e. The lowest BCUT2D eigenvalue weighted by Gasteiger charge is -2.18. The monoisotopic (exact) mass is 983 g/mol. The normalized spacial score (nSPS) is 12.6.